The standard InChI is InChI=1S/C54H34N2/c1-3-19-35(20-4-1)49-37-23-7-11-27-41(37)51(42-28-12-8-24-38(42)49)53-45-31-15-17-33-47(45)56-54(46-32-16-18-34-48(46)55-53)52-43-29-13-9-25-39(43)50(36-21-5-2-6-22-36)40-26-10-14-30-44(40)52/h1-34H. The number of hydrogen-bond acceptors (Lipinski definition) is 2. The Labute approximate surface area is 325 Å². The van der Waals surface area contributed by atoms with Crippen LogP contribution in [0.3, 0.4) is 0 Å². The van der Waals surface area contributed by atoms with E-state index in [1.54, 1.807) is 0 Å². The van der Waals surface area contributed by atoms with E-state index in [1.165, 1.54) is 43.8 Å². The van der Waals surface area contributed by atoms with Crippen LogP contribution < -0.4 is 0 Å². The van der Waals surface area contributed by atoms with Crippen LogP contribution in [-0.4, -0.2) is 11.4 Å². The van der Waals surface area contributed by atoms with Crippen LogP contribution in [0.2, 0.25) is 0 Å². The van der Waals surface area contributed by atoms with Crippen molar-refractivity contribution in [3.8, 4) is 22.3 Å². The van der Waals surface area contributed by atoms with Crippen LogP contribution >= 0.6 is 0 Å². The van der Waals surface area contributed by atoms with E-state index < -0.39 is 0 Å². The average molecular weight is 711 g/mol. The Bertz CT molecular complexity index is 2890. The lowest BCUT2D eigenvalue weighted by molar-refractivity contribution is 1.40. The highest BCUT2D eigenvalue weighted by Crippen LogP contribution is 2.45. The molecule has 0 spiro atoms. The molecule has 1 heterocycles. The molecule has 1 aliphatic heterocycles. The Morgan fingerprint density at radius 1 is 0.214 bits per heavy atom. The molecular weight excluding hydrogens is 677 g/mol. The van der Waals surface area contributed by atoms with E-state index in [1.807, 2.05) is 0 Å². The van der Waals surface area contributed by atoms with E-state index in [2.05, 4.69) is 206 Å². The molecule has 0 radical (unpaired) electrons. The van der Waals surface area contributed by atoms with Crippen molar-refractivity contribution in [3.63, 3.8) is 0 Å². The Hall–Kier alpha value is -7.42. The number of rotatable bonds is 4. The van der Waals surface area contributed by atoms with Gasteiger partial charge in [-0.3, -0.25) is 0 Å². The maximum atomic E-state index is 5.75. The normalized spacial score (nSPS) is 12.5. The van der Waals surface area contributed by atoms with Gasteiger partial charge in [0.1, 0.15) is 0 Å². The van der Waals surface area contributed by atoms with E-state index >= 15 is 0 Å². The summed E-state index contributed by atoms with van der Waals surface area (Å²) in [4.78, 5) is 11.5. The number of aliphatic imine (C=N–C) groups is 2. The molecule has 0 fully saturated rings. The van der Waals surface area contributed by atoms with Crippen LogP contribution in [0.25, 0.3) is 65.3 Å². The van der Waals surface area contributed by atoms with E-state index in [4.69, 9.17) is 9.98 Å². The van der Waals surface area contributed by atoms with E-state index in [0.717, 1.165) is 66.6 Å². The van der Waals surface area contributed by atoms with Gasteiger partial charge in [-0.25, -0.2) is 9.98 Å². The van der Waals surface area contributed by atoms with Crippen LogP contribution in [0, 0.1) is 0 Å². The molecule has 0 saturated carbocycles. The molecule has 0 aromatic heterocycles. The summed E-state index contributed by atoms with van der Waals surface area (Å²) in [5, 5.41) is 9.44. The molecule has 260 valence electrons. The highest BCUT2D eigenvalue weighted by atomic mass is 14.8. The predicted octanol–water partition coefficient (Wildman–Crippen LogP) is 14.3. The van der Waals surface area contributed by atoms with Gasteiger partial charge in [0.25, 0.3) is 0 Å². The molecule has 11 rings (SSSR count). The summed E-state index contributed by atoms with van der Waals surface area (Å²) in [6.45, 7) is 0. The lowest BCUT2D eigenvalue weighted by Gasteiger charge is -2.23. The maximum absolute atomic E-state index is 5.75. The van der Waals surface area contributed by atoms with Gasteiger partial charge in [0.15, 0.2) is 0 Å². The highest BCUT2D eigenvalue weighted by molar-refractivity contribution is 6.35. The van der Waals surface area contributed by atoms with Crippen LogP contribution in [-0.2, 0) is 0 Å². The number of benzene rings is 10. The molecule has 2 nitrogen and oxygen atoms in total. The summed E-state index contributed by atoms with van der Waals surface area (Å²) in [7, 11) is 0. The first-order valence-corrected chi connectivity index (χ1v) is 19.2. The van der Waals surface area contributed by atoms with Gasteiger partial charge in [-0.15, -0.1) is 0 Å². The van der Waals surface area contributed by atoms with Crippen LogP contribution in [0.15, 0.2) is 216 Å². The number of fused-ring (bicyclic) bond motifs is 6. The second-order valence-corrected chi connectivity index (χ2v) is 14.4. The Morgan fingerprint density at radius 2 is 0.464 bits per heavy atom. The summed E-state index contributed by atoms with van der Waals surface area (Å²) >= 11 is 0. The summed E-state index contributed by atoms with van der Waals surface area (Å²) in [5.74, 6) is 0. The van der Waals surface area contributed by atoms with Crippen LogP contribution in [0.1, 0.15) is 22.3 Å². The third-order valence-corrected chi connectivity index (χ3v) is 11.2. The van der Waals surface area contributed by atoms with E-state index in [-0.39, 0.29) is 0 Å². The lowest BCUT2D eigenvalue weighted by atomic mass is 9.84. The first-order chi connectivity index (χ1) is 27.8. The molecule has 0 aliphatic carbocycles. The second-order valence-electron chi connectivity index (χ2n) is 14.4. The molecule has 0 bridgehead atoms. The van der Waals surface area contributed by atoms with Gasteiger partial charge in [-0.1, -0.05) is 194 Å². The summed E-state index contributed by atoms with van der Waals surface area (Å²) < 4.78 is 0. The fourth-order valence-electron chi connectivity index (χ4n) is 8.88. The molecule has 56 heavy (non-hydrogen) atoms. The molecule has 0 saturated heterocycles. The quantitative estimate of drug-likeness (QED) is 0.163. The maximum Gasteiger partial charge on any atom is 0.0816 e. The summed E-state index contributed by atoms with van der Waals surface area (Å²) in [6.07, 6.45) is 0. The first kappa shape index (κ1) is 32.0. The molecular formula is C54H34N2. The molecule has 0 N–H and O–H groups in total. The van der Waals surface area contributed by atoms with Gasteiger partial charge in [0.05, 0.1) is 22.8 Å². The Kier molecular flexibility index (Phi) is 7.53. The van der Waals surface area contributed by atoms with Gasteiger partial charge >= 0.3 is 0 Å². The van der Waals surface area contributed by atoms with Crippen molar-refractivity contribution in [3.05, 3.63) is 229 Å². The highest BCUT2D eigenvalue weighted by Gasteiger charge is 2.26. The third kappa shape index (κ3) is 5.04. The van der Waals surface area contributed by atoms with Gasteiger partial charge in [0, 0.05) is 22.3 Å². The van der Waals surface area contributed by atoms with E-state index in [0.29, 0.717) is 0 Å². The number of nitrogens with zero attached hydrogens (tertiary/aromatic N) is 2. The first-order valence-electron chi connectivity index (χ1n) is 19.2. The molecule has 1 aliphatic rings. The lowest BCUT2D eigenvalue weighted by Crippen LogP contribution is -2.12. The minimum absolute atomic E-state index is 0.886. The zero-order chi connectivity index (χ0) is 37.0. The molecule has 0 atom stereocenters. The minimum atomic E-state index is 0.886. The predicted molar refractivity (Wildman–Crippen MR) is 237 cm³/mol. The van der Waals surface area contributed by atoms with Crippen molar-refractivity contribution in [2.45, 2.75) is 0 Å². The van der Waals surface area contributed by atoms with Gasteiger partial charge in [-0.05, 0) is 77.5 Å². The van der Waals surface area contributed by atoms with E-state index in [9.17, 15) is 0 Å². The fraction of sp³-hybridized carbons (Fsp3) is 0. The third-order valence-electron chi connectivity index (χ3n) is 11.2. The molecule has 0 unspecified atom stereocenters. The summed E-state index contributed by atoms with van der Waals surface area (Å²) in [5.41, 5.74) is 12.7. The minimum Gasteiger partial charge on any atom is -0.247 e. The number of hydrogen-bond donors (Lipinski definition) is 0. The van der Waals surface area contributed by atoms with Crippen LogP contribution in [0.4, 0.5) is 11.4 Å². The molecule has 0 amide bonds. The van der Waals surface area contributed by atoms with Crippen molar-refractivity contribution < 1.29 is 0 Å². The monoisotopic (exact) mass is 710 g/mol. The Morgan fingerprint density at radius 3 is 0.786 bits per heavy atom. The topological polar surface area (TPSA) is 24.7 Å². The number of para-hydroxylation sites is 2. The zero-order valence-electron chi connectivity index (χ0n) is 30.5. The zero-order valence-corrected chi connectivity index (χ0v) is 30.5. The summed E-state index contributed by atoms with van der Waals surface area (Å²) in [6, 6.07) is 73.7. The Balaban J connectivity index is 1.24. The van der Waals surface area contributed by atoms with Crippen molar-refractivity contribution in [1.82, 2.24) is 0 Å². The largest absolute Gasteiger partial charge is 0.247 e. The van der Waals surface area contributed by atoms with Gasteiger partial charge in [-0.2, -0.15) is 0 Å². The van der Waals surface area contributed by atoms with Gasteiger partial charge < -0.3 is 0 Å². The fourth-order valence-corrected chi connectivity index (χ4v) is 8.88. The van der Waals surface area contributed by atoms with Gasteiger partial charge in [0.2, 0.25) is 0 Å². The van der Waals surface area contributed by atoms with Crippen molar-refractivity contribution >= 4 is 65.9 Å². The van der Waals surface area contributed by atoms with Crippen molar-refractivity contribution in [2.24, 2.45) is 9.98 Å². The molecule has 10 aromatic rings. The van der Waals surface area contributed by atoms with Crippen molar-refractivity contribution in [1.29, 1.82) is 0 Å². The van der Waals surface area contributed by atoms with Crippen molar-refractivity contribution in [2.75, 3.05) is 0 Å². The smallest absolute Gasteiger partial charge is 0.0816 e. The molecule has 2 heteroatoms. The van der Waals surface area contributed by atoms with Crippen LogP contribution in [0.5, 0.6) is 0 Å². The molecule has 10 aromatic carbocycles. The second kappa shape index (κ2) is 13.2. The average Bonchev–Trinajstić information content (AvgIpc) is 3.26. The SMILES string of the molecule is c1ccc(-c2c3ccccc3c(C3=Nc4ccccc4C(c4c5ccccc5c(-c5ccccc5)c5ccccc45)=Nc4ccccc43)c3ccccc23)cc1.